The summed E-state index contributed by atoms with van der Waals surface area (Å²) in [5.41, 5.74) is 14.3. The van der Waals surface area contributed by atoms with Gasteiger partial charge in [0.15, 0.2) is 11.6 Å². The van der Waals surface area contributed by atoms with Gasteiger partial charge in [0, 0.05) is 13.8 Å². The van der Waals surface area contributed by atoms with Gasteiger partial charge in [-0.05, 0) is 36.4 Å². The number of aromatic nitrogens is 6. The number of aromatic amines is 2. The van der Waals surface area contributed by atoms with Gasteiger partial charge in [-0.3, -0.25) is 19.2 Å². The molecule has 14 heteroatoms. The van der Waals surface area contributed by atoms with Crippen LogP contribution < -0.4 is 22.3 Å². The highest BCUT2D eigenvalue weighted by Crippen LogP contribution is 2.32. The molecule has 4 aromatic heterocycles. The molecule has 12 nitrogen and oxygen atoms in total. The minimum absolute atomic E-state index is 0.00728. The number of rotatable bonds is 6. The van der Waals surface area contributed by atoms with E-state index in [4.69, 9.17) is 11.5 Å². The molecule has 0 atom stereocenters. The number of hydrogen-bond acceptors (Lipinski definition) is 10. The molecular weight excluding hydrogens is 625 g/mol. The number of hydrogen-bond donors (Lipinski definition) is 4. The molecule has 3 aromatic carbocycles. The Morgan fingerprint density at radius 3 is 1.37 bits per heavy atom. The minimum atomic E-state index is -0.408. The Balaban J connectivity index is 1.59. The van der Waals surface area contributed by atoms with Gasteiger partial charge in [0.25, 0.3) is 0 Å². The number of nitrogens with two attached hydrogens (primary N) is 2. The van der Waals surface area contributed by atoms with Crippen LogP contribution in [0, 0.1) is 0 Å². The quantitative estimate of drug-likeness (QED) is 0.150. The molecule has 4 heterocycles. The van der Waals surface area contributed by atoms with Crippen LogP contribution in [0.15, 0.2) is 81.6 Å². The van der Waals surface area contributed by atoms with E-state index in [1.807, 2.05) is 60.7 Å². The molecule has 0 fully saturated rings. The lowest BCUT2D eigenvalue weighted by atomic mass is 10.2. The predicted molar refractivity (Wildman–Crippen MR) is 182 cm³/mol. The molecule has 0 aliphatic carbocycles. The topological polar surface area (TPSA) is 188 Å². The van der Waals surface area contributed by atoms with Crippen LogP contribution in [-0.2, 0) is 9.59 Å². The van der Waals surface area contributed by atoms with Crippen molar-refractivity contribution in [2.45, 2.75) is 13.8 Å². The maximum absolute atomic E-state index is 14.2. The number of nitrogens with zero attached hydrogens (tertiary/aromatic N) is 4. The van der Waals surface area contributed by atoms with Gasteiger partial charge in [0.05, 0.1) is 22.8 Å². The standard InChI is InChI=1S/C32H24N8O4S2/c1-15(41)19(33)13-21-23-31(39(37-21)17-9-5-3-6-10-17)45-29-25(35-23)27(43)30-26(28(29)44)36-24-22(14-20(34)16(2)42)38-40(32(24)46-30)18-11-7-4-8-12-18/h3-14,35-36H,33-34H2,1-2H3/b19-13-,20-14-. The molecule has 0 saturated heterocycles. The van der Waals surface area contributed by atoms with Crippen molar-refractivity contribution in [3.63, 3.8) is 0 Å². The number of allylic oxidation sites excluding steroid dienone is 2. The number of carbonyl (C=O) groups excluding carboxylic acids is 2. The van der Waals surface area contributed by atoms with E-state index in [0.717, 1.165) is 22.7 Å². The van der Waals surface area contributed by atoms with Gasteiger partial charge in [0.1, 0.15) is 52.5 Å². The van der Waals surface area contributed by atoms with Gasteiger partial charge in [0.2, 0.25) is 10.9 Å². The summed E-state index contributed by atoms with van der Waals surface area (Å²) in [4.78, 5) is 59.7. The van der Waals surface area contributed by atoms with Crippen LogP contribution in [0.5, 0.6) is 0 Å². The first-order valence-electron chi connectivity index (χ1n) is 13.9. The number of para-hydroxylation sites is 2. The second kappa shape index (κ2) is 10.9. The van der Waals surface area contributed by atoms with Crippen molar-refractivity contribution >= 4 is 87.5 Å². The third-order valence-corrected chi connectivity index (χ3v) is 9.69. The number of fused-ring (bicyclic) bond motifs is 4. The molecule has 0 unspecified atom stereocenters. The van der Waals surface area contributed by atoms with Crippen molar-refractivity contribution in [3.8, 4) is 11.4 Å². The highest BCUT2D eigenvalue weighted by atomic mass is 32.1. The third-order valence-electron chi connectivity index (χ3n) is 7.36. The van der Waals surface area contributed by atoms with Crippen LogP contribution in [0.2, 0.25) is 0 Å². The molecule has 0 aliphatic rings. The smallest absolute Gasteiger partial charge is 0.223 e. The first kappa shape index (κ1) is 28.9. The van der Waals surface area contributed by atoms with Crippen LogP contribution in [0.4, 0.5) is 0 Å². The Morgan fingerprint density at radius 1 is 0.652 bits per heavy atom. The Morgan fingerprint density at radius 2 is 1.02 bits per heavy atom. The third kappa shape index (κ3) is 4.67. The molecule has 0 aliphatic heterocycles. The summed E-state index contributed by atoms with van der Waals surface area (Å²) in [7, 11) is 0. The van der Waals surface area contributed by atoms with Gasteiger partial charge in [-0.2, -0.15) is 10.2 Å². The molecule has 6 N–H and O–H groups in total. The number of benzene rings is 3. The van der Waals surface area contributed by atoms with Gasteiger partial charge in [-0.25, -0.2) is 9.36 Å². The Labute approximate surface area is 266 Å². The monoisotopic (exact) mass is 648 g/mol. The number of ketones is 2. The van der Waals surface area contributed by atoms with Crippen LogP contribution in [0.3, 0.4) is 0 Å². The molecule has 7 rings (SSSR count). The van der Waals surface area contributed by atoms with E-state index in [0.29, 0.717) is 43.5 Å². The van der Waals surface area contributed by atoms with Gasteiger partial charge >= 0.3 is 0 Å². The molecule has 228 valence electrons. The van der Waals surface area contributed by atoms with Crippen LogP contribution >= 0.6 is 22.7 Å². The van der Waals surface area contributed by atoms with Gasteiger partial charge in [-0.1, -0.05) is 36.4 Å². The number of H-pyrrole nitrogens is 2. The zero-order valence-corrected chi connectivity index (χ0v) is 26.0. The molecule has 7 aromatic rings. The Kier molecular flexibility index (Phi) is 6.87. The summed E-state index contributed by atoms with van der Waals surface area (Å²) in [6, 6.07) is 18.5. The lowest BCUT2D eigenvalue weighted by Crippen LogP contribution is -2.14. The van der Waals surface area contributed by atoms with E-state index in [9.17, 15) is 19.2 Å². The maximum Gasteiger partial charge on any atom is 0.223 e. The molecular formula is C32H24N8O4S2. The lowest BCUT2D eigenvalue weighted by Gasteiger charge is -2.06. The fraction of sp³-hybridized carbons (Fsp3) is 0.0625. The van der Waals surface area contributed by atoms with Gasteiger partial charge in [-0.15, -0.1) is 22.7 Å². The second-order valence-corrected chi connectivity index (χ2v) is 12.5. The first-order chi connectivity index (χ1) is 22.1. The Bertz CT molecular complexity index is 2420. The average molecular weight is 649 g/mol. The van der Waals surface area contributed by atoms with Crippen molar-refractivity contribution in [3.05, 3.63) is 104 Å². The minimum Gasteiger partial charge on any atom is -0.396 e. The molecule has 0 bridgehead atoms. The van der Waals surface area contributed by atoms with E-state index in [-0.39, 0.29) is 43.4 Å². The fourth-order valence-electron chi connectivity index (χ4n) is 4.97. The lowest BCUT2D eigenvalue weighted by molar-refractivity contribution is -0.114. The van der Waals surface area contributed by atoms with Crippen molar-refractivity contribution in [1.82, 2.24) is 29.5 Å². The zero-order valence-electron chi connectivity index (χ0n) is 24.3. The maximum atomic E-state index is 14.2. The summed E-state index contributed by atoms with van der Waals surface area (Å²) >= 11 is 2.20. The highest BCUT2D eigenvalue weighted by molar-refractivity contribution is 7.25. The number of Topliss-reactive ketones (excluding diaryl/α,β-unsaturated/α-hetero) is 2. The summed E-state index contributed by atoms with van der Waals surface area (Å²) < 4.78 is 3.62. The summed E-state index contributed by atoms with van der Waals surface area (Å²) in [5, 5.41) is 9.38. The largest absolute Gasteiger partial charge is 0.396 e. The van der Waals surface area contributed by atoms with E-state index in [1.165, 1.54) is 26.0 Å². The number of nitrogens with one attached hydrogen (secondary N) is 2. The normalized spacial score (nSPS) is 12.5. The number of carbonyl (C=O) groups is 2. The second-order valence-electron chi connectivity index (χ2n) is 10.5. The molecule has 0 spiro atoms. The Hall–Kier alpha value is -5.86. The van der Waals surface area contributed by atoms with Gasteiger partial charge < -0.3 is 21.4 Å². The van der Waals surface area contributed by atoms with E-state index in [1.54, 1.807) is 9.36 Å². The fourth-order valence-corrected chi connectivity index (χ4v) is 7.22. The summed E-state index contributed by atoms with van der Waals surface area (Å²) in [6.45, 7) is 2.70. The first-order valence-corrected chi connectivity index (χ1v) is 15.6. The van der Waals surface area contributed by atoms with E-state index >= 15 is 0 Å². The highest BCUT2D eigenvalue weighted by Gasteiger charge is 2.22. The van der Waals surface area contributed by atoms with Crippen molar-refractivity contribution in [2.75, 3.05) is 0 Å². The van der Waals surface area contributed by atoms with Crippen LogP contribution in [-0.4, -0.2) is 41.1 Å². The zero-order chi connectivity index (χ0) is 32.3. The van der Waals surface area contributed by atoms with E-state index in [2.05, 4.69) is 20.2 Å². The van der Waals surface area contributed by atoms with Crippen molar-refractivity contribution in [1.29, 1.82) is 0 Å². The summed E-state index contributed by atoms with van der Waals surface area (Å²) in [5.74, 6) is -0.667. The van der Waals surface area contributed by atoms with Crippen molar-refractivity contribution < 1.29 is 9.59 Å². The molecule has 46 heavy (non-hydrogen) atoms. The SMILES string of the molecule is CC(=O)/C(N)=C/c1nn(-c2ccccc2)c2sc3c(=O)c4[nH]c5c(/C=C(\N)C(C)=O)nn(-c6ccccc6)c5sc4c(=O)c3[nH]c12. The summed E-state index contributed by atoms with van der Waals surface area (Å²) in [6.07, 6.45) is 2.89. The van der Waals surface area contributed by atoms with Crippen molar-refractivity contribution in [2.24, 2.45) is 11.5 Å². The van der Waals surface area contributed by atoms with Crippen LogP contribution in [0.1, 0.15) is 25.2 Å². The average Bonchev–Trinajstić information content (AvgIpc) is 3.60. The van der Waals surface area contributed by atoms with Crippen LogP contribution in [0.25, 0.3) is 64.7 Å². The van der Waals surface area contributed by atoms with E-state index < -0.39 is 10.9 Å². The molecule has 0 saturated carbocycles. The molecule has 0 amide bonds. The molecule has 0 radical (unpaired) electrons. The predicted octanol–water partition coefficient (Wildman–Crippen LogP) is 4.51.